The van der Waals surface area contributed by atoms with Gasteiger partial charge in [-0.05, 0) is 166 Å². The first-order valence-electron chi connectivity index (χ1n) is 28.0. The molecule has 0 spiro atoms. The molecule has 0 bridgehead atoms. The van der Waals surface area contributed by atoms with Crippen molar-refractivity contribution in [2.45, 2.75) is 289 Å². The molecule has 0 radical (unpaired) electrons. The quantitative estimate of drug-likeness (QED) is 0.0776. The third-order valence-corrected chi connectivity index (χ3v) is 10.9. The van der Waals surface area contributed by atoms with Crippen molar-refractivity contribution in [1.82, 2.24) is 0 Å². The maximum atomic E-state index is 14.4. The van der Waals surface area contributed by atoms with E-state index in [2.05, 4.69) is 0 Å². The molecule has 84 heavy (non-hydrogen) atoms. The van der Waals surface area contributed by atoms with Gasteiger partial charge in [-0.25, -0.2) is 0 Å². The zero-order valence-electron chi connectivity index (χ0n) is 54.1. The van der Waals surface area contributed by atoms with Crippen molar-refractivity contribution in [2.24, 2.45) is 21.7 Å². The van der Waals surface area contributed by atoms with E-state index >= 15 is 0 Å². The molecule has 480 valence electrons. The summed E-state index contributed by atoms with van der Waals surface area (Å²) < 4.78 is 66.5. The summed E-state index contributed by atoms with van der Waals surface area (Å²) in [5, 5.41) is 0. The molecule has 0 aromatic heterocycles. The van der Waals surface area contributed by atoms with E-state index in [1.54, 1.807) is 83.1 Å². The summed E-state index contributed by atoms with van der Waals surface area (Å²) in [6, 6.07) is 0. The van der Waals surface area contributed by atoms with Crippen LogP contribution in [0.1, 0.15) is 218 Å². The summed E-state index contributed by atoms with van der Waals surface area (Å²) in [6.07, 6.45) is -15.6. The van der Waals surface area contributed by atoms with Crippen molar-refractivity contribution in [3.8, 4) is 0 Å². The normalized spacial score (nSPS) is 17.9. The Balaban J connectivity index is 0.00000313. The summed E-state index contributed by atoms with van der Waals surface area (Å²) in [5.41, 5.74) is -8.98. The van der Waals surface area contributed by atoms with E-state index in [0.29, 0.717) is 0 Å². The number of esters is 12. The molecule has 2 rings (SSSR count). The van der Waals surface area contributed by atoms with Crippen molar-refractivity contribution in [1.29, 1.82) is 0 Å². The van der Waals surface area contributed by atoms with Crippen LogP contribution in [0.2, 0.25) is 0 Å². The molecule has 0 N–H and O–H groups in total. The zero-order chi connectivity index (χ0) is 65.7. The molecule has 2 aliphatic heterocycles. The maximum absolute atomic E-state index is 14.4. The van der Waals surface area contributed by atoms with Crippen LogP contribution in [0, 0.1) is 21.7 Å². The van der Waals surface area contributed by atoms with Gasteiger partial charge in [0.1, 0.15) is 71.2 Å². The van der Waals surface area contributed by atoms with Gasteiger partial charge >= 0.3 is 71.6 Å². The van der Waals surface area contributed by atoms with Gasteiger partial charge in [0.15, 0.2) is 0 Å². The van der Waals surface area contributed by atoms with E-state index in [0.717, 1.165) is 0 Å². The Hall–Kier alpha value is -6.36. The Kier molecular flexibility index (Phi) is 26.7. The molecule has 2 heterocycles. The van der Waals surface area contributed by atoms with Crippen LogP contribution in [-0.2, 0) is 114 Å². The number of carbonyl (C=O) groups excluding carboxylic acids is 12. The Labute approximate surface area is 495 Å². The smallest absolute Gasteiger partial charge is 0.311 e. The van der Waals surface area contributed by atoms with Crippen LogP contribution in [0.15, 0.2) is 0 Å². The molecule has 2 aliphatic rings. The van der Waals surface area contributed by atoms with Crippen LogP contribution in [0.4, 0.5) is 0 Å². The predicted molar refractivity (Wildman–Crippen MR) is 297 cm³/mol. The highest BCUT2D eigenvalue weighted by molar-refractivity contribution is 5.82. The molecule has 8 unspecified atom stereocenters. The van der Waals surface area contributed by atoms with Crippen molar-refractivity contribution >= 4 is 71.6 Å². The van der Waals surface area contributed by atoms with Gasteiger partial charge < -0.3 is 56.8 Å². The summed E-state index contributed by atoms with van der Waals surface area (Å²) in [4.78, 5) is 158. The number of fused-ring (bicyclic) bond motifs is 1. The topological polar surface area (TPSA) is 316 Å². The molecule has 0 aliphatic carbocycles. The Bertz CT molecular complexity index is 2180. The molecule has 0 saturated carbocycles. The van der Waals surface area contributed by atoms with Gasteiger partial charge in [-0.3, -0.25) is 57.5 Å². The average Bonchev–Trinajstić information content (AvgIpc) is 3.93. The number of carbonyl (C=O) groups is 12. The first-order valence-corrected chi connectivity index (χ1v) is 28.0. The van der Waals surface area contributed by atoms with Gasteiger partial charge in [0.25, 0.3) is 0 Å². The van der Waals surface area contributed by atoms with Crippen LogP contribution < -0.4 is 0 Å². The first-order chi connectivity index (χ1) is 37.5. The lowest BCUT2D eigenvalue weighted by Crippen LogP contribution is -2.46. The standard InChI is InChI=1S/C54H90O20.C6H6O4/c1-47(2,3)43(61)67-33(25-37(55)65-31(27-39(57)71-51(13,14)15)35(69-45(63)49(7,8)9)29-41(59)73-53(19,20)21)34(68-44(62)48(4,5)6)26-38(56)66-32(28-40(58)72-52(16,17)18)36(70-46(64)50(10,11)12)30-42(60)74-54(22,23)24;7-5-1-3-4(10-5)2-6(8)9-3/h31-36H,25-30H2,1-24H3;3-4H,1-2H2. The highest BCUT2D eigenvalue weighted by Crippen LogP contribution is 2.31. The lowest BCUT2D eigenvalue weighted by atomic mass is 9.96. The minimum Gasteiger partial charge on any atom is -0.460 e. The lowest BCUT2D eigenvalue weighted by Gasteiger charge is -2.33. The summed E-state index contributed by atoms with van der Waals surface area (Å²) in [5.74, 6) is -10.2. The van der Waals surface area contributed by atoms with Gasteiger partial charge in [0.2, 0.25) is 0 Å². The van der Waals surface area contributed by atoms with Crippen molar-refractivity contribution in [3.05, 3.63) is 0 Å². The number of rotatable bonds is 21. The van der Waals surface area contributed by atoms with E-state index in [1.165, 1.54) is 83.1 Å². The fraction of sp³-hybridized carbons (Fsp3) is 0.800. The second-order valence-corrected chi connectivity index (χ2v) is 28.9. The number of hydrogen-bond donors (Lipinski definition) is 0. The van der Waals surface area contributed by atoms with Crippen molar-refractivity contribution < 1.29 is 114 Å². The van der Waals surface area contributed by atoms with Crippen LogP contribution >= 0.6 is 0 Å². The van der Waals surface area contributed by atoms with Gasteiger partial charge in [0, 0.05) is 0 Å². The molecular formula is C60H96O24. The third kappa shape index (κ3) is 30.4. The molecular weight excluding hydrogens is 1100 g/mol. The minimum atomic E-state index is -1.88. The first kappa shape index (κ1) is 75.7. The highest BCUT2D eigenvalue weighted by atomic mass is 16.6. The fourth-order valence-corrected chi connectivity index (χ4v) is 6.96. The van der Waals surface area contributed by atoms with Crippen LogP contribution in [0.5, 0.6) is 0 Å². The van der Waals surface area contributed by atoms with Gasteiger partial charge in [-0.15, -0.1) is 0 Å². The van der Waals surface area contributed by atoms with Crippen LogP contribution in [0.3, 0.4) is 0 Å². The van der Waals surface area contributed by atoms with Crippen molar-refractivity contribution in [3.63, 3.8) is 0 Å². The third-order valence-electron chi connectivity index (χ3n) is 10.9. The molecule has 2 fully saturated rings. The second-order valence-electron chi connectivity index (χ2n) is 28.9. The van der Waals surface area contributed by atoms with Gasteiger partial charge in [-0.1, -0.05) is 0 Å². The number of hydrogen-bond acceptors (Lipinski definition) is 24. The molecule has 0 aromatic rings. The Morgan fingerprint density at radius 1 is 0.310 bits per heavy atom. The summed E-state index contributed by atoms with van der Waals surface area (Å²) in [6.45, 7) is 37.2. The van der Waals surface area contributed by atoms with Gasteiger partial charge in [0.05, 0.1) is 73.0 Å². The highest BCUT2D eigenvalue weighted by Gasteiger charge is 2.46. The summed E-state index contributed by atoms with van der Waals surface area (Å²) in [7, 11) is 0. The summed E-state index contributed by atoms with van der Waals surface area (Å²) >= 11 is 0. The molecule has 24 heteroatoms. The predicted octanol–water partition coefficient (Wildman–Crippen LogP) is 7.97. The number of ether oxygens (including phenoxy) is 12. The molecule has 0 amide bonds. The Morgan fingerprint density at radius 2 is 0.476 bits per heavy atom. The van der Waals surface area contributed by atoms with Crippen LogP contribution in [-0.4, -0.2) is 143 Å². The second kappa shape index (κ2) is 29.6. The van der Waals surface area contributed by atoms with E-state index in [-0.39, 0.29) is 37.0 Å². The Morgan fingerprint density at radius 3 is 0.643 bits per heavy atom. The fourth-order valence-electron chi connectivity index (χ4n) is 6.96. The monoisotopic (exact) mass is 1200 g/mol. The van der Waals surface area contributed by atoms with E-state index in [4.69, 9.17) is 56.8 Å². The zero-order valence-corrected chi connectivity index (χ0v) is 54.1. The largest absolute Gasteiger partial charge is 0.460 e. The van der Waals surface area contributed by atoms with E-state index < -0.39 is 179 Å². The molecule has 0 aromatic carbocycles. The molecule has 8 atom stereocenters. The van der Waals surface area contributed by atoms with E-state index in [1.807, 2.05) is 0 Å². The molecule has 24 nitrogen and oxygen atoms in total. The maximum Gasteiger partial charge on any atom is 0.311 e. The average molecular weight is 1200 g/mol. The SMILES string of the molecule is CC(C)(C)OC(=O)CC(OC(=O)CC(OC(=O)C(C)(C)C)C(CC(=O)OC(CC(=O)OC(C)(C)C)C(CC(=O)OC(C)(C)C)OC(=O)C(C)(C)C)OC(=O)C(C)(C)C)C(CC(=O)OC(C)(C)C)OC(=O)C(C)(C)C.O=C1CC2OC(=O)CC2O1. The molecule has 2 saturated heterocycles. The van der Waals surface area contributed by atoms with E-state index in [9.17, 15) is 57.5 Å². The minimum absolute atomic E-state index is 0.233. The lowest BCUT2D eigenvalue weighted by molar-refractivity contribution is -0.193. The van der Waals surface area contributed by atoms with Crippen molar-refractivity contribution in [2.75, 3.05) is 0 Å². The van der Waals surface area contributed by atoms with Crippen LogP contribution in [0.25, 0.3) is 0 Å². The van der Waals surface area contributed by atoms with Gasteiger partial charge in [-0.2, -0.15) is 0 Å².